The summed E-state index contributed by atoms with van der Waals surface area (Å²) >= 11 is 2.36. The molecule has 1 aliphatic carbocycles. The van der Waals surface area contributed by atoms with E-state index in [4.69, 9.17) is 0 Å². The van der Waals surface area contributed by atoms with Gasteiger partial charge in [-0.05, 0) is 50.8 Å². The molecule has 32 heavy (non-hydrogen) atoms. The number of aliphatic carboxylic acids is 1. The Hall–Kier alpha value is -2.11. The average molecular weight is 498 g/mol. The van der Waals surface area contributed by atoms with Gasteiger partial charge in [0.25, 0.3) is 0 Å². The van der Waals surface area contributed by atoms with Gasteiger partial charge in [0.1, 0.15) is 4.75 Å². The molecule has 1 saturated carbocycles. The third kappa shape index (κ3) is 6.23. The van der Waals surface area contributed by atoms with Crippen LogP contribution in [-0.2, 0) is 14.6 Å². The predicted octanol–water partition coefficient (Wildman–Crippen LogP) is 4.73. The van der Waals surface area contributed by atoms with Gasteiger partial charge in [0, 0.05) is 18.5 Å². The third-order valence-corrected chi connectivity index (χ3v) is 8.60. The fourth-order valence-corrected chi connectivity index (χ4v) is 6.38. The van der Waals surface area contributed by atoms with Crippen molar-refractivity contribution >= 4 is 55.8 Å². The smallest absolute Gasteiger partial charge is 0.328 e. The molecule has 0 bridgehead atoms. The standard InChI is InChI=1S/C21H27N3O5S3/c1-21(2,18(25)26)31-17-12-22-19(30-17)23-20(27)24(13-14-7-4-5-8-14)15-9-6-10-16(11-15)32(3,28)29/h6,9-12,14H,4-5,7-8,13H2,1-3H3,(H,25,26)(H,22,23,27). The molecule has 0 saturated heterocycles. The molecule has 0 spiro atoms. The lowest BCUT2D eigenvalue weighted by Crippen LogP contribution is -2.38. The molecule has 1 aromatic heterocycles. The Morgan fingerprint density at radius 3 is 2.62 bits per heavy atom. The van der Waals surface area contributed by atoms with Crippen LogP contribution in [-0.4, -0.2) is 48.1 Å². The number of nitrogens with zero attached hydrogens (tertiary/aromatic N) is 2. The molecule has 1 fully saturated rings. The number of thiazole rings is 1. The first-order chi connectivity index (χ1) is 15.0. The quantitative estimate of drug-likeness (QED) is 0.506. The highest BCUT2D eigenvalue weighted by Gasteiger charge is 2.30. The van der Waals surface area contributed by atoms with E-state index < -0.39 is 26.6 Å². The lowest BCUT2D eigenvalue weighted by molar-refractivity contribution is -0.138. The van der Waals surface area contributed by atoms with Gasteiger partial charge in [-0.3, -0.25) is 15.0 Å². The second-order valence-electron chi connectivity index (χ2n) is 8.36. The average Bonchev–Trinajstić information content (AvgIpc) is 3.37. The highest BCUT2D eigenvalue weighted by molar-refractivity contribution is 8.03. The lowest BCUT2D eigenvalue weighted by atomic mass is 10.1. The molecule has 8 nitrogen and oxygen atoms in total. The molecule has 1 aliphatic rings. The van der Waals surface area contributed by atoms with Gasteiger partial charge in [-0.15, -0.1) is 0 Å². The van der Waals surface area contributed by atoms with E-state index in [1.54, 1.807) is 37.1 Å². The van der Waals surface area contributed by atoms with E-state index in [0.29, 0.717) is 27.5 Å². The minimum absolute atomic E-state index is 0.156. The van der Waals surface area contributed by atoms with Gasteiger partial charge in [-0.1, -0.05) is 42.0 Å². The van der Waals surface area contributed by atoms with Crippen LogP contribution in [0.3, 0.4) is 0 Å². The summed E-state index contributed by atoms with van der Waals surface area (Å²) < 4.78 is 23.7. The summed E-state index contributed by atoms with van der Waals surface area (Å²) in [6.07, 6.45) is 6.98. The van der Waals surface area contributed by atoms with Crippen molar-refractivity contribution in [2.45, 2.75) is 53.4 Å². The van der Waals surface area contributed by atoms with Crippen molar-refractivity contribution in [3.05, 3.63) is 30.5 Å². The van der Waals surface area contributed by atoms with Crippen molar-refractivity contribution in [1.29, 1.82) is 0 Å². The van der Waals surface area contributed by atoms with E-state index in [0.717, 1.165) is 43.7 Å². The minimum Gasteiger partial charge on any atom is -0.480 e. The van der Waals surface area contributed by atoms with Gasteiger partial charge in [-0.2, -0.15) is 0 Å². The molecule has 0 atom stereocenters. The summed E-state index contributed by atoms with van der Waals surface area (Å²) in [5.41, 5.74) is 0.510. The zero-order valence-corrected chi connectivity index (χ0v) is 20.6. The van der Waals surface area contributed by atoms with Crippen molar-refractivity contribution in [3.63, 3.8) is 0 Å². The number of hydrogen-bond donors (Lipinski definition) is 2. The molecule has 1 aromatic carbocycles. The van der Waals surface area contributed by atoms with E-state index >= 15 is 0 Å². The van der Waals surface area contributed by atoms with Gasteiger partial charge in [-0.25, -0.2) is 18.2 Å². The molecule has 3 rings (SSSR count). The Balaban J connectivity index is 1.81. The number of aromatic nitrogens is 1. The highest BCUT2D eigenvalue weighted by Crippen LogP contribution is 2.37. The summed E-state index contributed by atoms with van der Waals surface area (Å²) in [6, 6.07) is 5.99. The van der Waals surface area contributed by atoms with Crippen LogP contribution in [0.1, 0.15) is 39.5 Å². The van der Waals surface area contributed by atoms with Crippen molar-refractivity contribution in [2.75, 3.05) is 23.0 Å². The second-order valence-corrected chi connectivity index (χ2v) is 13.3. The van der Waals surface area contributed by atoms with Crippen LogP contribution >= 0.6 is 23.1 Å². The summed E-state index contributed by atoms with van der Waals surface area (Å²) in [5.74, 6) is -0.587. The number of carboxylic acid groups (broad SMARTS) is 1. The first-order valence-electron chi connectivity index (χ1n) is 10.2. The summed E-state index contributed by atoms with van der Waals surface area (Å²) in [4.78, 5) is 30.5. The number of benzene rings is 1. The fraction of sp³-hybridized carbons (Fsp3) is 0.476. The normalized spacial score (nSPS) is 15.0. The SMILES string of the molecule is CC(C)(Sc1cnc(NC(=O)N(CC2CCCC2)c2cccc(S(C)(=O)=O)c2)s1)C(=O)O. The van der Waals surface area contributed by atoms with Crippen molar-refractivity contribution in [1.82, 2.24) is 4.98 Å². The van der Waals surface area contributed by atoms with E-state index in [1.807, 2.05) is 0 Å². The molecule has 174 valence electrons. The number of thioether (sulfide) groups is 1. The Labute approximate surface area is 196 Å². The molecule has 2 aromatic rings. The topological polar surface area (TPSA) is 117 Å². The number of carbonyl (C=O) groups excluding carboxylic acids is 1. The maximum atomic E-state index is 13.2. The van der Waals surface area contributed by atoms with Gasteiger partial charge >= 0.3 is 12.0 Å². The number of hydrogen-bond acceptors (Lipinski definition) is 7. The zero-order valence-electron chi connectivity index (χ0n) is 18.2. The largest absolute Gasteiger partial charge is 0.480 e. The predicted molar refractivity (Wildman–Crippen MR) is 128 cm³/mol. The molecule has 2 N–H and O–H groups in total. The van der Waals surface area contributed by atoms with Gasteiger partial charge in [0.15, 0.2) is 15.0 Å². The Bertz CT molecular complexity index is 1090. The van der Waals surface area contributed by atoms with E-state index in [9.17, 15) is 23.1 Å². The minimum atomic E-state index is -3.41. The third-order valence-electron chi connectivity index (χ3n) is 5.29. The van der Waals surface area contributed by atoms with Crippen LogP contribution in [0, 0.1) is 5.92 Å². The fourth-order valence-electron chi connectivity index (χ4n) is 3.46. The van der Waals surface area contributed by atoms with Crippen LogP contribution in [0.25, 0.3) is 0 Å². The molecule has 1 heterocycles. The number of sulfone groups is 1. The number of amides is 2. The molecule has 11 heteroatoms. The highest BCUT2D eigenvalue weighted by atomic mass is 32.2. The molecular weight excluding hydrogens is 470 g/mol. The molecule has 0 aliphatic heterocycles. The van der Waals surface area contributed by atoms with E-state index in [2.05, 4.69) is 10.3 Å². The second kappa shape index (κ2) is 9.80. The molecule has 2 amide bonds. The van der Waals surface area contributed by atoms with Crippen LogP contribution < -0.4 is 10.2 Å². The maximum Gasteiger partial charge on any atom is 0.328 e. The van der Waals surface area contributed by atoms with Crippen LogP contribution in [0.15, 0.2) is 39.6 Å². The Morgan fingerprint density at radius 1 is 1.31 bits per heavy atom. The van der Waals surface area contributed by atoms with E-state index in [-0.39, 0.29) is 4.90 Å². The van der Waals surface area contributed by atoms with Gasteiger partial charge < -0.3 is 5.11 Å². The van der Waals surface area contributed by atoms with Crippen LogP contribution in [0.4, 0.5) is 15.6 Å². The number of carboxylic acids is 1. The van der Waals surface area contributed by atoms with Crippen molar-refractivity contribution in [2.24, 2.45) is 5.92 Å². The maximum absolute atomic E-state index is 13.2. The van der Waals surface area contributed by atoms with Gasteiger partial charge in [0.2, 0.25) is 0 Å². The first-order valence-corrected chi connectivity index (χ1v) is 13.7. The number of anilines is 2. The first kappa shape index (κ1) is 24.5. The summed E-state index contributed by atoms with van der Waals surface area (Å²) in [5, 5.41) is 12.5. The summed E-state index contributed by atoms with van der Waals surface area (Å²) in [6.45, 7) is 3.70. The number of nitrogens with one attached hydrogen (secondary N) is 1. The zero-order chi connectivity index (χ0) is 23.5. The Morgan fingerprint density at radius 2 is 2.00 bits per heavy atom. The lowest BCUT2D eigenvalue weighted by Gasteiger charge is -2.26. The van der Waals surface area contributed by atoms with Gasteiger partial charge in [0.05, 0.1) is 15.3 Å². The number of rotatable bonds is 8. The van der Waals surface area contributed by atoms with Crippen LogP contribution in [0.2, 0.25) is 0 Å². The van der Waals surface area contributed by atoms with Crippen molar-refractivity contribution in [3.8, 4) is 0 Å². The molecule has 0 unspecified atom stereocenters. The van der Waals surface area contributed by atoms with E-state index in [1.165, 1.54) is 23.5 Å². The molecular formula is C21H27N3O5S3. The summed E-state index contributed by atoms with van der Waals surface area (Å²) in [7, 11) is -3.41. The van der Waals surface area contributed by atoms with Crippen LogP contribution in [0.5, 0.6) is 0 Å². The number of carbonyl (C=O) groups is 2. The number of urea groups is 1. The van der Waals surface area contributed by atoms with Crippen molar-refractivity contribution < 1.29 is 23.1 Å². The monoisotopic (exact) mass is 497 g/mol. The molecule has 0 radical (unpaired) electrons. The Kier molecular flexibility index (Phi) is 7.51.